The van der Waals surface area contributed by atoms with E-state index in [2.05, 4.69) is 5.32 Å². The molecule has 164 valence electrons. The molecule has 1 aliphatic carbocycles. The minimum Gasteiger partial charge on any atom is -0.459 e. The molecule has 30 heavy (non-hydrogen) atoms. The molecule has 3 fully saturated rings. The van der Waals surface area contributed by atoms with Gasteiger partial charge in [0.25, 0.3) is 5.91 Å². The van der Waals surface area contributed by atoms with Gasteiger partial charge in [-0.25, -0.2) is 0 Å². The molecule has 2 aliphatic heterocycles. The second kappa shape index (κ2) is 8.41. The van der Waals surface area contributed by atoms with E-state index in [9.17, 15) is 14.4 Å². The molecule has 0 radical (unpaired) electrons. The van der Waals surface area contributed by atoms with E-state index >= 15 is 0 Å². The van der Waals surface area contributed by atoms with Crippen molar-refractivity contribution >= 4 is 17.7 Å². The second-order valence-electron chi connectivity index (χ2n) is 9.02. The minimum atomic E-state index is -0.889. The number of piperidine rings is 1. The summed E-state index contributed by atoms with van der Waals surface area (Å²) < 4.78 is 11.5. The lowest BCUT2D eigenvalue weighted by molar-refractivity contribution is -0.149. The number of hydrogen-bond acceptors (Lipinski definition) is 5. The Morgan fingerprint density at radius 2 is 1.97 bits per heavy atom. The zero-order valence-corrected chi connectivity index (χ0v) is 17.8. The van der Waals surface area contributed by atoms with Crippen molar-refractivity contribution in [3.63, 3.8) is 0 Å². The van der Waals surface area contributed by atoms with E-state index < -0.39 is 11.8 Å². The van der Waals surface area contributed by atoms with E-state index in [1.165, 1.54) is 6.26 Å². The molecule has 8 heteroatoms. The highest BCUT2D eigenvalue weighted by atomic mass is 16.5. The highest BCUT2D eigenvalue weighted by Crippen LogP contribution is 2.39. The van der Waals surface area contributed by atoms with Crippen molar-refractivity contribution in [2.24, 2.45) is 11.8 Å². The molecule has 0 aromatic carbocycles. The fourth-order valence-electron chi connectivity index (χ4n) is 4.50. The summed E-state index contributed by atoms with van der Waals surface area (Å²) >= 11 is 0. The maximum absolute atomic E-state index is 13.3. The third kappa shape index (κ3) is 3.85. The van der Waals surface area contributed by atoms with Crippen molar-refractivity contribution in [2.75, 3.05) is 26.2 Å². The standard InChI is InChI=1S/C22H31N3O5/c1-15(2)13-23-19(26)17-14-30-22(25(17)21(28)18-7-4-12-29-18)8-10-24(11-9-22)20(27)16-5-3-6-16/h4,7,12,15-17H,3,5-6,8-11,13-14H2,1-2H3,(H,23,26)/t17-/m0/s1. The van der Waals surface area contributed by atoms with E-state index in [-0.39, 0.29) is 36.0 Å². The second-order valence-corrected chi connectivity index (χ2v) is 9.02. The van der Waals surface area contributed by atoms with Crippen LogP contribution in [0.2, 0.25) is 0 Å². The van der Waals surface area contributed by atoms with Crippen LogP contribution in [0.4, 0.5) is 0 Å². The topological polar surface area (TPSA) is 92.1 Å². The van der Waals surface area contributed by atoms with Gasteiger partial charge < -0.3 is 19.4 Å². The van der Waals surface area contributed by atoms with Gasteiger partial charge >= 0.3 is 0 Å². The molecule has 0 bridgehead atoms. The van der Waals surface area contributed by atoms with Gasteiger partial charge in [-0.05, 0) is 30.9 Å². The third-order valence-electron chi connectivity index (χ3n) is 6.51. The van der Waals surface area contributed by atoms with Crippen LogP contribution in [-0.4, -0.2) is 65.5 Å². The number of ether oxygens (including phenoxy) is 1. The van der Waals surface area contributed by atoms with Crippen molar-refractivity contribution in [2.45, 2.75) is 57.7 Å². The van der Waals surface area contributed by atoms with Gasteiger partial charge in [0, 0.05) is 38.4 Å². The predicted molar refractivity (Wildman–Crippen MR) is 108 cm³/mol. The van der Waals surface area contributed by atoms with Crippen LogP contribution in [0.25, 0.3) is 0 Å². The molecule has 2 saturated heterocycles. The van der Waals surface area contributed by atoms with Crippen molar-refractivity contribution in [1.82, 2.24) is 15.1 Å². The average Bonchev–Trinajstić information content (AvgIpc) is 3.33. The molecule has 3 amide bonds. The summed E-state index contributed by atoms with van der Waals surface area (Å²) in [5.74, 6) is 0.298. The van der Waals surface area contributed by atoms with E-state index in [1.54, 1.807) is 17.0 Å². The van der Waals surface area contributed by atoms with Gasteiger partial charge in [-0.1, -0.05) is 20.3 Å². The highest BCUT2D eigenvalue weighted by molar-refractivity contribution is 5.96. The average molecular weight is 418 g/mol. The molecular weight excluding hydrogens is 386 g/mol. The van der Waals surface area contributed by atoms with E-state index in [0.29, 0.717) is 38.4 Å². The summed E-state index contributed by atoms with van der Waals surface area (Å²) in [7, 11) is 0. The number of rotatable bonds is 5. The molecule has 3 heterocycles. The van der Waals surface area contributed by atoms with Crippen LogP contribution in [0.15, 0.2) is 22.8 Å². The maximum Gasteiger partial charge on any atom is 0.292 e. The summed E-state index contributed by atoms with van der Waals surface area (Å²) in [5, 5.41) is 2.93. The van der Waals surface area contributed by atoms with Crippen molar-refractivity contribution < 1.29 is 23.5 Å². The SMILES string of the molecule is CC(C)CNC(=O)[C@@H]1COC2(CCN(C(=O)C3CCC3)CC2)N1C(=O)c1ccco1. The zero-order valence-electron chi connectivity index (χ0n) is 17.8. The molecular formula is C22H31N3O5. The minimum absolute atomic E-state index is 0.146. The quantitative estimate of drug-likeness (QED) is 0.791. The fourth-order valence-corrected chi connectivity index (χ4v) is 4.50. The van der Waals surface area contributed by atoms with E-state index in [1.807, 2.05) is 18.7 Å². The number of furan rings is 1. The Morgan fingerprint density at radius 3 is 2.53 bits per heavy atom. The summed E-state index contributed by atoms with van der Waals surface area (Å²) in [6.45, 7) is 5.78. The van der Waals surface area contributed by atoms with Crippen molar-refractivity contribution in [1.29, 1.82) is 0 Å². The van der Waals surface area contributed by atoms with Gasteiger partial charge in [-0.2, -0.15) is 0 Å². The van der Waals surface area contributed by atoms with Crippen LogP contribution in [0.5, 0.6) is 0 Å². The first kappa shape index (κ1) is 20.9. The first-order valence-corrected chi connectivity index (χ1v) is 11.0. The van der Waals surface area contributed by atoms with E-state index in [4.69, 9.17) is 9.15 Å². The van der Waals surface area contributed by atoms with Crippen LogP contribution in [0.3, 0.4) is 0 Å². The molecule has 4 rings (SSSR count). The number of nitrogens with zero attached hydrogens (tertiary/aromatic N) is 2. The lowest BCUT2D eigenvalue weighted by Crippen LogP contribution is -2.60. The largest absolute Gasteiger partial charge is 0.459 e. The number of carbonyl (C=O) groups excluding carboxylic acids is 3. The zero-order chi connectivity index (χ0) is 21.3. The number of likely N-dealkylation sites (tertiary alicyclic amines) is 1. The van der Waals surface area contributed by atoms with Crippen LogP contribution < -0.4 is 5.32 Å². The smallest absolute Gasteiger partial charge is 0.292 e. The number of carbonyl (C=O) groups is 3. The maximum atomic E-state index is 13.3. The van der Waals surface area contributed by atoms with Gasteiger partial charge in [0.1, 0.15) is 11.8 Å². The summed E-state index contributed by atoms with van der Waals surface area (Å²) in [5.41, 5.74) is -0.889. The lowest BCUT2D eigenvalue weighted by Gasteiger charge is -2.45. The molecule has 0 unspecified atom stereocenters. The summed E-state index contributed by atoms with van der Waals surface area (Å²) in [4.78, 5) is 42.3. The Kier molecular flexibility index (Phi) is 5.86. The van der Waals surface area contributed by atoms with Crippen molar-refractivity contribution in [3.8, 4) is 0 Å². The van der Waals surface area contributed by atoms with Gasteiger partial charge in [0.05, 0.1) is 12.9 Å². The Balaban J connectivity index is 1.52. The molecule has 8 nitrogen and oxygen atoms in total. The molecule has 1 aromatic rings. The monoisotopic (exact) mass is 417 g/mol. The summed E-state index contributed by atoms with van der Waals surface area (Å²) in [6, 6.07) is 2.55. The molecule has 1 N–H and O–H groups in total. The molecule has 1 atom stereocenters. The first-order valence-electron chi connectivity index (χ1n) is 11.0. The molecule has 3 aliphatic rings. The first-order chi connectivity index (χ1) is 14.4. The van der Waals surface area contributed by atoms with Crippen LogP contribution in [0.1, 0.15) is 56.5 Å². The van der Waals surface area contributed by atoms with Crippen molar-refractivity contribution in [3.05, 3.63) is 24.2 Å². The van der Waals surface area contributed by atoms with Gasteiger partial charge in [0.15, 0.2) is 5.76 Å². The number of amides is 3. The van der Waals surface area contributed by atoms with Gasteiger partial charge in [0.2, 0.25) is 11.8 Å². The summed E-state index contributed by atoms with van der Waals surface area (Å²) in [6.07, 6.45) is 5.49. The predicted octanol–water partition coefficient (Wildman–Crippen LogP) is 2.01. The van der Waals surface area contributed by atoms with Crippen LogP contribution in [0, 0.1) is 11.8 Å². The molecule has 1 saturated carbocycles. The normalized spacial score (nSPS) is 23.6. The highest BCUT2D eigenvalue weighted by Gasteiger charge is 2.55. The van der Waals surface area contributed by atoms with E-state index in [0.717, 1.165) is 19.3 Å². The van der Waals surface area contributed by atoms with Gasteiger partial charge in [-0.3, -0.25) is 19.3 Å². The number of hydrogen-bond donors (Lipinski definition) is 1. The third-order valence-corrected chi connectivity index (χ3v) is 6.51. The molecule has 1 aromatic heterocycles. The van der Waals surface area contributed by atoms with Gasteiger partial charge in [-0.15, -0.1) is 0 Å². The fraction of sp³-hybridized carbons (Fsp3) is 0.682. The lowest BCUT2D eigenvalue weighted by atomic mass is 9.83. The van der Waals surface area contributed by atoms with Crippen LogP contribution in [-0.2, 0) is 14.3 Å². The Morgan fingerprint density at radius 1 is 1.23 bits per heavy atom. The van der Waals surface area contributed by atoms with Crippen LogP contribution >= 0.6 is 0 Å². The Bertz CT molecular complexity index is 779. The molecule has 1 spiro atoms. The Hall–Kier alpha value is -2.35. The Labute approximate surface area is 176 Å². The number of nitrogens with one attached hydrogen (secondary N) is 1.